The van der Waals surface area contributed by atoms with Crippen molar-refractivity contribution in [3.63, 3.8) is 0 Å². The largest absolute Gasteiger partial charge is 0.319 e. The smallest absolute Gasteiger partial charge is 0.295 e. The number of nitrogens with one attached hydrogen (secondary N) is 1. The van der Waals surface area contributed by atoms with Crippen LogP contribution in [0.4, 0.5) is 5.69 Å². The summed E-state index contributed by atoms with van der Waals surface area (Å²) in [7, 11) is 0. The Balaban J connectivity index is 1.74. The highest BCUT2D eigenvalue weighted by Crippen LogP contribution is 2.25. The van der Waals surface area contributed by atoms with Crippen molar-refractivity contribution < 1.29 is 4.79 Å². The zero-order chi connectivity index (χ0) is 21.3. The summed E-state index contributed by atoms with van der Waals surface area (Å²) in [6, 6.07) is 19.5. The van der Waals surface area contributed by atoms with Gasteiger partial charge in [0.2, 0.25) is 5.82 Å². The van der Waals surface area contributed by atoms with E-state index in [4.69, 9.17) is 34.8 Å². The summed E-state index contributed by atoms with van der Waals surface area (Å²) in [6.45, 7) is 1.89. The van der Waals surface area contributed by atoms with Gasteiger partial charge < -0.3 is 5.32 Å². The Kier molecular flexibility index (Phi) is 5.77. The number of hydrogen-bond donors (Lipinski definition) is 1. The van der Waals surface area contributed by atoms with Gasteiger partial charge in [0.15, 0.2) is 5.82 Å². The van der Waals surface area contributed by atoms with Crippen LogP contribution in [-0.4, -0.2) is 20.7 Å². The van der Waals surface area contributed by atoms with Gasteiger partial charge in [-0.2, -0.15) is 0 Å². The second-order valence-electron chi connectivity index (χ2n) is 6.57. The van der Waals surface area contributed by atoms with Gasteiger partial charge in [0.1, 0.15) is 0 Å². The van der Waals surface area contributed by atoms with Crippen LogP contribution in [0.25, 0.3) is 17.1 Å². The summed E-state index contributed by atoms with van der Waals surface area (Å²) in [4.78, 5) is 17.3. The number of halogens is 3. The zero-order valence-corrected chi connectivity index (χ0v) is 18.0. The predicted molar refractivity (Wildman–Crippen MR) is 121 cm³/mol. The molecular weight excluding hydrogens is 443 g/mol. The Bertz CT molecular complexity index is 1160. The molecule has 0 unspecified atom stereocenters. The van der Waals surface area contributed by atoms with Crippen LogP contribution in [0.15, 0.2) is 66.7 Å². The molecule has 0 spiro atoms. The standard InChI is InChI=1S/C22H15Cl3N4O/c1-13-2-9-17(12-19(13)25)26-22(30)20-27-21(14-3-5-15(23)6-4-14)29(28-20)18-10-7-16(24)8-11-18/h2-12H,1H3,(H,26,30). The molecule has 0 saturated heterocycles. The topological polar surface area (TPSA) is 59.8 Å². The third kappa shape index (κ3) is 4.33. The summed E-state index contributed by atoms with van der Waals surface area (Å²) >= 11 is 18.2. The van der Waals surface area contributed by atoms with Crippen molar-refractivity contribution in [2.45, 2.75) is 6.92 Å². The van der Waals surface area contributed by atoms with Crippen LogP contribution in [0, 0.1) is 6.92 Å². The number of hydrogen-bond acceptors (Lipinski definition) is 3. The lowest BCUT2D eigenvalue weighted by Crippen LogP contribution is -2.14. The van der Waals surface area contributed by atoms with Crippen molar-refractivity contribution in [2.24, 2.45) is 0 Å². The third-order valence-corrected chi connectivity index (χ3v) is 5.32. The number of amides is 1. The summed E-state index contributed by atoms with van der Waals surface area (Å²) in [5.41, 5.74) is 2.96. The van der Waals surface area contributed by atoms with E-state index in [9.17, 15) is 4.79 Å². The molecule has 4 aromatic rings. The maximum Gasteiger partial charge on any atom is 0.295 e. The highest BCUT2D eigenvalue weighted by molar-refractivity contribution is 6.31. The highest BCUT2D eigenvalue weighted by Gasteiger charge is 2.19. The monoisotopic (exact) mass is 456 g/mol. The molecule has 1 N–H and O–H groups in total. The van der Waals surface area contributed by atoms with Crippen LogP contribution in [0.2, 0.25) is 15.1 Å². The van der Waals surface area contributed by atoms with Crippen LogP contribution in [0.5, 0.6) is 0 Å². The fourth-order valence-electron chi connectivity index (χ4n) is 2.81. The van der Waals surface area contributed by atoms with Gasteiger partial charge in [-0.15, -0.1) is 5.10 Å². The number of rotatable bonds is 4. The molecule has 0 radical (unpaired) electrons. The van der Waals surface area contributed by atoms with Crippen molar-refractivity contribution >= 4 is 46.4 Å². The molecule has 8 heteroatoms. The molecule has 0 bridgehead atoms. The molecule has 0 aliphatic rings. The fourth-order valence-corrected chi connectivity index (χ4v) is 3.25. The molecule has 5 nitrogen and oxygen atoms in total. The molecule has 0 saturated carbocycles. The van der Waals surface area contributed by atoms with E-state index in [1.165, 1.54) is 0 Å². The molecule has 4 rings (SSSR count). The number of carbonyl (C=O) groups is 1. The van der Waals surface area contributed by atoms with Crippen molar-refractivity contribution in [3.8, 4) is 17.1 Å². The van der Waals surface area contributed by atoms with E-state index in [2.05, 4.69) is 15.4 Å². The Morgan fingerprint density at radius 3 is 2.17 bits per heavy atom. The zero-order valence-electron chi connectivity index (χ0n) is 15.7. The maximum atomic E-state index is 12.8. The predicted octanol–water partition coefficient (Wildman–Crippen LogP) is 6.46. The summed E-state index contributed by atoms with van der Waals surface area (Å²) in [5.74, 6) is 0.0746. The average Bonchev–Trinajstić information content (AvgIpc) is 3.17. The Labute approximate surface area is 188 Å². The van der Waals surface area contributed by atoms with Crippen molar-refractivity contribution in [3.05, 3.63) is 93.2 Å². The van der Waals surface area contributed by atoms with Crippen molar-refractivity contribution in [1.29, 1.82) is 0 Å². The van der Waals surface area contributed by atoms with Crippen LogP contribution in [0.1, 0.15) is 16.2 Å². The minimum absolute atomic E-state index is 0.0200. The van der Waals surface area contributed by atoms with Crippen LogP contribution >= 0.6 is 34.8 Å². The van der Waals surface area contributed by atoms with Crippen LogP contribution in [0.3, 0.4) is 0 Å². The molecule has 150 valence electrons. The van der Waals surface area contributed by atoms with Crippen LogP contribution < -0.4 is 5.32 Å². The molecule has 1 aromatic heterocycles. The molecule has 0 atom stereocenters. The van der Waals surface area contributed by atoms with E-state index in [0.29, 0.717) is 32.3 Å². The molecule has 30 heavy (non-hydrogen) atoms. The minimum atomic E-state index is -0.446. The molecular formula is C22H15Cl3N4O. The fraction of sp³-hybridized carbons (Fsp3) is 0.0455. The Hall–Kier alpha value is -2.86. The first-order valence-electron chi connectivity index (χ1n) is 8.97. The number of benzene rings is 3. The average molecular weight is 458 g/mol. The number of aromatic nitrogens is 3. The highest BCUT2D eigenvalue weighted by atomic mass is 35.5. The third-order valence-electron chi connectivity index (χ3n) is 4.41. The van der Waals surface area contributed by atoms with Gasteiger partial charge in [-0.3, -0.25) is 4.79 Å². The van der Waals surface area contributed by atoms with Gasteiger partial charge in [0.05, 0.1) is 5.69 Å². The van der Waals surface area contributed by atoms with Gasteiger partial charge in [0, 0.05) is 26.3 Å². The second-order valence-corrected chi connectivity index (χ2v) is 7.85. The lowest BCUT2D eigenvalue weighted by atomic mass is 10.2. The molecule has 1 heterocycles. The molecule has 3 aromatic carbocycles. The number of carbonyl (C=O) groups excluding carboxylic acids is 1. The molecule has 0 aliphatic carbocycles. The second kappa shape index (κ2) is 8.48. The van der Waals surface area contributed by atoms with Gasteiger partial charge in [0.25, 0.3) is 5.91 Å². The molecule has 1 amide bonds. The Morgan fingerprint density at radius 2 is 1.53 bits per heavy atom. The summed E-state index contributed by atoms with van der Waals surface area (Å²) < 4.78 is 1.59. The molecule has 0 fully saturated rings. The van der Waals surface area contributed by atoms with E-state index in [1.54, 1.807) is 53.2 Å². The van der Waals surface area contributed by atoms with Crippen molar-refractivity contribution in [1.82, 2.24) is 14.8 Å². The summed E-state index contributed by atoms with van der Waals surface area (Å²) in [5, 5.41) is 8.98. The minimum Gasteiger partial charge on any atom is -0.319 e. The summed E-state index contributed by atoms with van der Waals surface area (Å²) in [6.07, 6.45) is 0. The van der Waals surface area contributed by atoms with Gasteiger partial charge >= 0.3 is 0 Å². The maximum absolute atomic E-state index is 12.8. The lowest BCUT2D eigenvalue weighted by molar-refractivity contribution is 0.101. The number of aryl methyl sites for hydroxylation is 1. The van der Waals surface area contributed by atoms with Crippen LogP contribution in [-0.2, 0) is 0 Å². The molecule has 0 aliphatic heterocycles. The first-order valence-corrected chi connectivity index (χ1v) is 10.1. The Morgan fingerprint density at radius 1 is 0.900 bits per heavy atom. The van der Waals surface area contributed by atoms with E-state index in [-0.39, 0.29) is 5.82 Å². The first kappa shape index (κ1) is 20.4. The van der Waals surface area contributed by atoms with Gasteiger partial charge in [-0.05, 0) is 73.2 Å². The quantitative estimate of drug-likeness (QED) is 0.383. The van der Waals surface area contributed by atoms with E-state index < -0.39 is 5.91 Å². The van der Waals surface area contributed by atoms with E-state index in [1.807, 2.05) is 25.1 Å². The normalized spacial score (nSPS) is 10.8. The van der Waals surface area contributed by atoms with E-state index >= 15 is 0 Å². The first-order chi connectivity index (χ1) is 14.4. The number of anilines is 1. The SMILES string of the molecule is Cc1ccc(NC(=O)c2nc(-c3ccc(Cl)cc3)n(-c3ccc(Cl)cc3)n2)cc1Cl. The van der Waals surface area contributed by atoms with Gasteiger partial charge in [-0.25, -0.2) is 9.67 Å². The van der Waals surface area contributed by atoms with Crippen molar-refractivity contribution in [2.75, 3.05) is 5.32 Å². The lowest BCUT2D eigenvalue weighted by Gasteiger charge is -2.06. The van der Waals surface area contributed by atoms with Gasteiger partial charge in [-0.1, -0.05) is 40.9 Å². The number of nitrogens with zero attached hydrogens (tertiary/aromatic N) is 3. The van der Waals surface area contributed by atoms with E-state index in [0.717, 1.165) is 11.1 Å².